The predicted octanol–water partition coefficient (Wildman–Crippen LogP) is 4.69. The van der Waals surface area contributed by atoms with Crippen molar-refractivity contribution in [2.45, 2.75) is 39.7 Å². The summed E-state index contributed by atoms with van der Waals surface area (Å²) in [5, 5.41) is 4.12. The minimum atomic E-state index is 0.0333. The summed E-state index contributed by atoms with van der Waals surface area (Å²) in [7, 11) is 0. The van der Waals surface area contributed by atoms with Crippen molar-refractivity contribution < 1.29 is 9.53 Å². The van der Waals surface area contributed by atoms with E-state index in [1.165, 1.54) is 11.1 Å². The molecular weight excluding hydrogens is 306 g/mol. The monoisotopic (exact) mass is 331 g/mol. The van der Waals surface area contributed by atoms with Crippen LogP contribution in [0.3, 0.4) is 0 Å². The summed E-state index contributed by atoms with van der Waals surface area (Å²) in [5.74, 6) is 1.28. The molecule has 1 amide bonds. The van der Waals surface area contributed by atoms with Crippen molar-refractivity contribution in [1.29, 1.82) is 0 Å². The van der Waals surface area contributed by atoms with Crippen LogP contribution in [-0.2, 0) is 11.3 Å². The SMILES string of the molecule is CCCN(Cc1ccsc1)C(=O)COc1ccc(C(C)C)cc1. The summed E-state index contributed by atoms with van der Waals surface area (Å²) < 4.78 is 5.66. The molecule has 1 aromatic carbocycles. The van der Waals surface area contributed by atoms with Crippen molar-refractivity contribution in [2.75, 3.05) is 13.2 Å². The number of thiophene rings is 1. The summed E-state index contributed by atoms with van der Waals surface area (Å²) in [5.41, 5.74) is 2.45. The van der Waals surface area contributed by atoms with Crippen molar-refractivity contribution in [3.05, 3.63) is 52.2 Å². The van der Waals surface area contributed by atoms with E-state index in [1.54, 1.807) is 11.3 Å². The normalized spacial score (nSPS) is 10.8. The lowest BCUT2D eigenvalue weighted by molar-refractivity contribution is -0.134. The third kappa shape index (κ3) is 5.39. The van der Waals surface area contributed by atoms with Gasteiger partial charge < -0.3 is 9.64 Å². The quantitative estimate of drug-likeness (QED) is 0.702. The lowest BCUT2D eigenvalue weighted by atomic mass is 10.0. The highest BCUT2D eigenvalue weighted by atomic mass is 32.1. The van der Waals surface area contributed by atoms with Gasteiger partial charge in [-0.2, -0.15) is 11.3 Å². The molecule has 0 N–H and O–H groups in total. The van der Waals surface area contributed by atoms with Crippen molar-refractivity contribution in [3.63, 3.8) is 0 Å². The molecule has 124 valence electrons. The van der Waals surface area contributed by atoms with E-state index in [-0.39, 0.29) is 12.5 Å². The zero-order valence-corrected chi connectivity index (χ0v) is 14.9. The van der Waals surface area contributed by atoms with Crippen molar-refractivity contribution in [1.82, 2.24) is 4.90 Å². The van der Waals surface area contributed by atoms with Gasteiger partial charge in [-0.15, -0.1) is 0 Å². The zero-order valence-electron chi connectivity index (χ0n) is 14.1. The van der Waals surface area contributed by atoms with Crippen molar-refractivity contribution in [3.8, 4) is 5.75 Å². The van der Waals surface area contributed by atoms with Crippen LogP contribution in [0.4, 0.5) is 0 Å². The maximum absolute atomic E-state index is 12.4. The van der Waals surface area contributed by atoms with Gasteiger partial charge in [0.05, 0.1) is 0 Å². The van der Waals surface area contributed by atoms with Gasteiger partial charge >= 0.3 is 0 Å². The van der Waals surface area contributed by atoms with E-state index >= 15 is 0 Å². The molecule has 0 unspecified atom stereocenters. The van der Waals surface area contributed by atoms with Gasteiger partial charge in [-0.3, -0.25) is 4.79 Å². The molecule has 0 spiro atoms. The number of rotatable bonds is 8. The molecule has 0 radical (unpaired) electrons. The van der Waals surface area contributed by atoms with E-state index in [4.69, 9.17) is 4.74 Å². The Bertz CT molecular complexity index is 590. The number of ether oxygens (including phenoxy) is 1. The number of carbonyl (C=O) groups excluding carboxylic acids is 1. The molecule has 0 atom stereocenters. The van der Waals surface area contributed by atoms with Crippen LogP contribution in [0.2, 0.25) is 0 Å². The van der Waals surface area contributed by atoms with Gasteiger partial charge in [-0.1, -0.05) is 32.9 Å². The molecule has 0 aliphatic heterocycles. The van der Waals surface area contributed by atoms with Crippen molar-refractivity contribution >= 4 is 17.2 Å². The first-order valence-electron chi connectivity index (χ1n) is 8.11. The third-order valence-electron chi connectivity index (χ3n) is 3.71. The summed E-state index contributed by atoms with van der Waals surface area (Å²) in [6, 6.07) is 10.0. The van der Waals surface area contributed by atoms with E-state index in [0.29, 0.717) is 12.5 Å². The third-order valence-corrected chi connectivity index (χ3v) is 4.44. The molecule has 2 aromatic rings. The average Bonchev–Trinajstić information content (AvgIpc) is 3.05. The molecule has 0 aliphatic rings. The van der Waals surface area contributed by atoms with E-state index < -0.39 is 0 Å². The number of hydrogen-bond acceptors (Lipinski definition) is 3. The summed E-state index contributed by atoms with van der Waals surface area (Å²) in [4.78, 5) is 14.3. The van der Waals surface area contributed by atoms with Gasteiger partial charge in [0.25, 0.3) is 5.91 Å². The van der Waals surface area contributed by atoms with Crippen LogP contribution in [0.5, 0.6) is 5.75 Å². The van der Waals surface area contributed by atoms with Gasteiger partial charge in [-0.05, 0) is 52.4 Å². The van der Waals surface area contributed by atoms with E-state index in [0.717, 1.165) is 18.7 Å². The fraction of sp³-hybridized carbons (Fsp3) is 0.421. The highest BCUT2D eigenvalue weighted by Gasteiger charge is 2.14. The zero-order chi connectivity index (χ0) is 16.7. The molecule has 0 saturated carbocycles. The highest BCUT2D eigenvalue weighted by molar-refractivity contribution is 7.07. The second kappa shape index (κ2) is 8.73. The molecule has 1 aromatic heterocycles. The van der Waals surface area contributed by atoms with Gasteiger partial charge in [0.2, 0.25) is 0 Å². The average molecular weight is 331 g/mol. The summed E-state index contributed by atoms with van der Waals surface area (Å²) in [6.07, 6.45) is 0.943. The smallest absolute Gasteiger partial charge is 0.260 e. The molecule has 0 saturated heterocycles. The standard InChI is InChI=1S/C19H25NO2S/c1-4-10-20(12-16-9-11-23-14-16)19(21)13-22-18-7-5-17(6-8-18)15(2)3/h5-9,11,14-15H,4,10,12-13H2,1-3H3. The summed E-state index contributed by atoms with van der Waals surface area (Å²) >= 11 is 1.66. The molecule has 2 rings (SSSR count). The minimum Gasteiger partial charge on any atom is -0.484 e. The second-order valence-corrected chi connectivity index (χ2v) is 6.74. The fourth-order valence-corrected chi connectivity index (χ4v) is 3.01. The number of carbonyl (C=O) groups is 1. The first kappa shape index (κ1) is 17.5. The highest BCUT2D eigenvalue weighted by Crippen LogP contribution is 2.18. The molecule has 0 fully saturated rings. The predicted molar refractivity (Wildman–Crippen MR) is 96.1 cm³/mol. The Morgan fingerprint density at radius 2 is 1.96 bits per heavy atom. The molecule has 0 aliphatic carbocycles. The molecule has 3 nitrogen and oxygen atoms in total. The largest absolute Gasteiger partial charge is 0.484 e. The molecule has 23 heavy (non-hydrogen) atoms. The first-order chi connectivity index (χ1) is 11.1. The molecule has 1 heterocycles. The maximum Gasteiger partial charge on any atom is 0.260 e. The fourth-order valence-electron chi connectivity index (χ4n) is 2.35. The Morgan fingerprint density at radius 3 is 2.52 bits per heavy atom. The molecule has 4 heteroatoms. The van der Waals surface area contributed by atoms with Gasteiger partial charge in [0.15, 0.2) is 6.61 Å². The first-order valence-corrected chi connectivity index (χ1v) is 9.06. The molecular formula is C19H25NO2S. The van der Waals surface area contributed by atoms with E-state index in [1.807, 2.05) is 22.4 Å². The van der Waals surface area contributed by atoms with Gasteiger partial charge in [0, 0.05) is 13.1 Å². The lowest BCUT2D eigenvalue weighted by Crippen LogP contribution is -2.35. The van der Waals surface area contributed by atoms with Gasteiger partial charge in [0.1, 0.15) is 5.75 Å². The van der Waals surface area contributed by atoms with Crippen LogP contribution in [0, 0.1) is 0 Å². The Morgan fingerprint density at radius 1 is 1.22 bits per heavy atom. The number of nitrogens with zero attached hydrogens (tertiary/aromatic N) is 1. The molecule has 0 bridgehead atoms. The van der Waals surface area contributed by atoms with Gasteiger partial charge in [-0.25, -0.2) is 0 Å². The second-order valence-electron chi connectivity index (χ2n) is 5.96. The van der Waals surface area contributed by atoms with Crippen LogP contribution in [0.15, 0.2) is 41.1 Å². The van der Waals surface area contributed by atoms with E-state index in [2.05, 4.69) is 44.4 Å². The lowest BCUT2D eigenvalue weighted by Gasteiger charge is -2.22. The summed E-state index contributed by atoms with van der Waals surface area (Å²) in [6.45, 7) is 7.90. The Kier molecular flexibility index (Phi) is 6.66. The van der Waals surface area contributed by atoms with Crippen LogP contribution in [-0.4, -0.2) is 24.0 Å². The number of hydrogen-bond donors (Lipinski definition) is 0. The maximum atomic E-state index is 12.4. The minimum absolute atomic E-state index is 0.0333. The Hall–Kier alpha value is -1.81. The van der Waals surface area contributed by atoms with Crippen LogP contribution >= 0.6 is 11.3 Å². The van der Waals surface area contributed by atoms with Crippen molar-refractivity contribution in [2.24, 2.45) is 0 Å². The van der Waals surface area contributed by atoms with Crippen LogP contribution < -0.4 is 4.74 Å². The topological polar surface area (TPSA) is 29.5 Å². The number of amides is 1. The van der Waals surface area contributed by atoms with E-state index in [9.17, 15) is 4.79 Å². The Labute approximate surface area is 142 Å². The Balaban J connectivity index is 1.90. The van der Waals surface area contributed by atoms with Crippen LogP contribution in [0.25, 0.3) is 0 Å². The van der Waals surface area contributed by atoms with Crippen LogP contribution in [0.1, 0.15) is 44.2 Å². The number of benzene rings is 1.